The first-order chi connectivity index (χ1) is 11.8. The monoisotopic (exact) mass is 359 g/mol. The summed E-state index contributed by atoms with van der Waals surface area (Å²) in [6.45, 7) is 3.87. The highest BCUT2D eigenvalue weighted by molar-refractivity contribution is 7.92. The molecule has 0 aliphatic carbocycles. The van der Waals surface area contributed by atoms with Crippen LogP contribution in [0.2, 0.25) is 0 Å². The first-order valence-corrected chi connectivity index (χ1v) is 9.11. The van der Waals surface area contributed by atoms with Gasteiger partial charge in [0.1, 0.15) is 0 Å². The lowest BCUT2D eigenvalue weighted by atomic mass is 10.2. The maximum Gasteiger partial charge on any atom is 0.261 e. The van der Waals surface area contributed by atoms with Crippen LogP contribution >= 0.6 is 0 Å². The predicted octanol–water partition coefficient (Wildman–Crippen LogP) is 2.47. The lowest BCUT2D eigenvalue weighted by Crippen LogP contribution is -2.23. The molecule has 2 rings (SSSR count). The molecule has 0 saturated carbocycles. The first-order valence-electron chi connectivity index (χ1n) is 7.63. The van der Waals surface area contributed by atoms with E-state index in [1.807, 2.05) is 31.1 Å². The van der Waals surface area contributed by atoms with Gasteiger partial charge in [-0.25, -0.2) is 8.42 Å². The summed E-state index contributed by atoms with van der Waals surface area (Å²) in [4.78, 5) is 13.8. The zero-order valence-electron chi connectivity index (χ0n) is 14.2. The van der Waals surface area contributed by atoms with E-state index < -0.39 is 10.0 Å². The van der Waals surface area contributed by atoms with Crippen LogP contribution in [0.3, 0.4) is 0 Å². The largest absolute Gasteiger partial charge is 0.378 e. The second-order valence-corrected chi connectivity index (χ2v) is 7.25. The Morgan fingerprint density at radius 2 is 1.68 bits per heavy atom. The molecule has 1 amide bonds. The van der Waals surface area contributed by atoms with Crippen LogP contribution in [0.5, 0.6) is 0 Å². The fourth-order valence-electron chi connectivity index (χ4n) is 2.09. The molecule has 132 valence electrons. The van der Waals surface area contributed by atoms with E-state index in [0.717, 1.165) is 5.69 Å². The minimum Gasteiger partial charge on any atom is -0.378 e. The van der Waals surface area contributed by atoms with Crippen LogP contribution in [0.1, 0.15) is 10.4 Å². The van der Waals surface area contributed by atoms with Gasteiger partial charge in [0, 0.05) is 37.6 Å². The smallest absolute Gasteiger partial charge is 0.261 e. The third kappa shape index (κ3) is 4.84. The van der Waals surface area contributed by atoms with E-state index >= 15 is 0 Å². The Morgan fingerprint density at radius 1 is 1.08 bits per heavy atom. The fraction of sp³-hybridized carbons (Fsp3) is 0.167. The zero-order valence-corrected chi connectivity index (χ0v) is 15.0. The van der Waals surface area contributed by atoms with Crippen LogP contribution < -0.4 is 14.9 Å². The molecular formula is C18H21N3O3S. The van der Waals surface area contributed by atoms with Crippen LogP contribution in [-0.4, -0.2) is 35.0 Å². The molecule has 0 saturated heterocycles. The molecule has 0 fully saturated rings. The molecule has 2 N–H and O–H groups in total. The van der Waals surface area contributed by atoms with Crippen LogP contribution in [0.4, 0.5) is 11.4 Å². The average Bonchev–Trinajstić information content (AvgIpc) is 2.60. The van der Waals surface area contributed by atoms with Crippen molar-refractivity contribution in [1.29, 1.82) is 0 Å². The number of nitrogens with zero attached hydrogens (tertiary/aromatic N) is 1. The molecule has 0 atom stereocenters. The molecule has 0 bridgehead atoms. The van der Waals surface area contributed by atoms with Crippen LogP contribution in [0, 0.1) is 0 Å². The number of carbonyl (C=O) groups excluding carboxylic acids is 1. The Labute approximate surface area is 148 Å². The van der Waals surface area contributed by atoms with Gasteiger partial charge >= 0.3 is 0 Å². The third-order valence-electron chi connectivity index (χ3n) is 3.47. The number of hydrogen-bond acceptors (Lipinski definition) is 4. The Bertz CT molecular complexity index is 842. The number of hydrogen-bond donors (Lipinski definition) is 2. The van der Waals surface area contributed by atoms with E-state index in [4.69, 9.17) is 0 Å². The van der Waals surface area contributed by atoms with Gasteiger partial charge in [-0.05, 0) is 48.5 Å². The van der Waals surface area contributed by atoms with Crippen LogP contribution in [0.15, 0.2) is 66.1 Å². The van der Waals surface area contributed by atoms with Crippen molar-refractivity contribution in [2.75, 3.05) is 30.3 Å². The van der Waals surface area contributed by atoms with Gasteiger partial charge in [0.2, 0.25) is 0 Å². The van der Waals surface area contributed by atoms with E-state index in [1.54, 1.807) is 18.2 Å². The van der Waals surface area contributed by atoms with Crippen molar-refractivity contribution in [3.05, 3.63) is 66.7 Å². The van der Waals surface area contributed by atoms with Crippen molar-refractivity contribution in [3.8, 4) is 0 Å². The van der Waals surface area contributed by atoms with E-state index in [-0.39, 0.29) is 10.8 Å². The van der Waals surface area contributed by atoms with Gasteiger partial charge in [0.15, 0.2) is 0 Å². The van der Waals surface area contributed by atoms with Crippen LogP contribution in [0.25, 0.3) is 0 Å². The number of rotatable bonds is 7. The van der Waals surface area contributed by atoms with Gasteiger partial charge in [0.25, 0.3) is 15.9 Å². The molecule has 0 aliphatic heterocycles. The molecule has 0 aliphatic rings. The summed E-state index contributed by atoms with van der Waals surface area (Å²) in [6.07, 6.45) is 1.57. The number of nitrogens with one attached hydrogen (secondary N) is 2. The van der Waals surface area contributed by atoms with Gasteiger partial charge in [-0.15, -0.1) is 6.58 Å². The molecule has 0 unspecified atom stereocenters. The van der Waals surface area contributed by atoms with Gasteiger partial charge in [-0.1, -0.05) is 6.08 Å². The summed E-state index contributed by atoms with van der Waals surface area (Å²) in [6, 6.07) is 12.8. The summed E-state index contributed by atoms with van der Waals surface area (Å²) in [5, 5.41) is 2.63. The van der Waals surface area contributed by atoms with E-state index in [2.05, 4.69) is 16.6 Å². The maximum atomic E-state index is 12.4. The number of anilines is 2. The van der Waals surface area contributed by atoms with Gasteiger partial charge in [-0.2, -0.15) is 0 Å². The zero-order chi connectivity index (χ0) is 18.4. The highest BCUT2D eigenvalue weighted by Crippen LogP contribution is 2.19. The molecule has 7 heteroatoms. The van der Waals surface area contributed by atoms with E-state index in [1.165, 1.54) is 24.3 Å². The second-order valence-electron chi connectivity index (χ2n) is 5.57. The van der Waals surface area contributed by atoms with Gasteiger partial charge in [-0.3, -0.25) is 9.52 Å². The SMILES string of the molecule is C=CCNC(=O)c1ccc(S(=O)(=O)Nc2ccc(N(C)C)cc2)cc1. The van der Waals surface area contributed by atoms with Gasteiger partial charge < -0.3 is 10.2 Å². The highest BCUT2D eigenvalue weighted by Gasteiger charge is 2.15. The molecule has 2 aromatic carbocycles. The number of benzene rings is 2. The lowest BCUT2D eigenvalue weighted by molar-refractivity contribution is 0.0958. The Hall–Kier alpha value is -2.80. The van der Waals surface area contributed by atoms with Crippen molar-refractivity contribution in [2.24, 2.45) is 0 Å². The molecule has 0 spiro atoms. The van der Waals surface area contributed by atoms with Gasteiger partial charge in [0.05, 0.1) is 4.90 Å². The quantitative estimate of drug-likeness (QED) is 0.745. The van der Waals surface area contributed by atoms with Crippen molar-refractivity contribution in [2.45, 2.75) is 4.90 Å². The van der Waals surface area contributed by atoms with Crippen molar-refractivity contribution in [3.63, 3.8) is 0 Å². The summed E-state index contributed by atoms with van der Waals surface area (Å²) in [5.74, 6) is -0.281. The predicted molar refractivity (Wildman–Crippen MR) is 101 cm³/mol. The Morgan fingerprint density at radius 3 is 2.20 bits per heavy atom. The molecule has 6 nitrogen and oxygen atoms in total. The summed E-state index contributed by atoms with van der Waals surface area (Å²) >= 11 is 0. The molecule has 0 radical (unpaired) electrons. The molecular weight excluding hydrogens is 338 g/mol. The highest BCUT2D eigenvalue weighted by atomic mass is 32.2. The number of sulfonamides is 1. The summed E-state index contributed by atoms with van der Waals surface area (Å²) in [7, 11) is 0.100. The van der Waals surface area contributed by atoms with E-state index in [9.17, 15) is 13.2 Å². The van der Waals surface area contributed by atoms with Crippen molar-refractivity contribution < 1.29 is 13.2 Å². The average molecular weight is 359 g/mol. The molecule has 0 aromatic heterocycles. The summed E-state index contributed by atoms with van der Waals surface area (Å²) in [5.41, 5.74) is 1.83. The van der Waals surface area contributed by atoms with Crippen molar-refractivity contribution >= 4 is 27.3 Å². The minimum absolute atomic E-state index is 0.0875. The normalized spacial score (nSPS) is 10.8. The number of amides is 1. The standard InChI is InChI=1S/C18H21N3O3S/c1-4-13-19-18(22)14-5-11-17(12-6-14)25(23,24)20-15-7-9-16(10-8-15)21(2)3/h4-12,20H,1,13H2,2-3H3,(H,19,22). The first kappa shape index (κ1) is 18.5. The Kier molecular flexibility index (Phi) is 5.82. The third-order valence-corrected chi connectivity index (χ3v) is 4.87. The second kappa shape index (κ2) is 7.85. The minimum atomic E-state index is -3.72. The Balaban J connectivity index is 2.13. The molecule has 25 heavy (non-hydrogen) atoms. The van der Waals surface area contributed by atoms with Crippen molar-refractivity contribution in [1.82, 2.24) is 5.32 Å². The fourth-order valence-corrected chi connectivity index (χ4v) is 3.15. The molecule has 0 heterocycles. The maximum absolute atomic E-state index is 12.4. The summed E-state index contributed by atoms with van der Waals surface area (Å²) < 4.78 is 27.4. The topological polar surface area (TPSA) is 78.5 Å². The molecule has 2 aromatic rings. The van der Waals surface area contributed by atoms with Crippen LogP contribution in [-0.2, 0) is 10.0 Å². The lowest BCUT2D eigenvalue weighted by Gasteiger charge is -2.13. The number of carbonyl (C=O) groups is 1. The van der Waals surface area contributed by atoms with E-state index in [0.29, 0.717) is 17.8 Å².